The molecule has 0 radical (unpaired) electrons. The molecule has 2 nitrogen and oxygen atoms in total. The van der Waals surface area contributed by atoms with E-state index in [1.807, 2.05) is 0 Å². The number of likely N-dealkylation sites (N-methyl/N-ethyl adjacent to an activating group) is 1. The maximum atomic E-state index is 5.82. The van der Waals surface area contributed by atoms with Crippen molar-refractivity contribution in [1.29, 1.82) is 0 Å². The summed E-state index contributed by atoms with van der Waals surface area (Å²) in [4.78, 5) is 2.39. The van der Waals surface area contributed by atoms with Gasteiger partial charge in [0.05, 0.1) is 0 Å². The second kappa shape index (κ2) is 7.93. The third kappa shape index (κ3) is 5.51. The first-order valence-electron chi connectivity index (χ1n) is 6.66. The summed E-state index contributed by atoms with van der Waals surface area (Å²) < 4.78 is 1.16. The summed E-state index contributed by atoms with van der Waals surface area (Å²) in [5.41, 5.74) is 7.20. The second-order valence-electron chi connectivity index (χ2n) is 5.38. The van der Waals surface area contributed by atoms with Crippen LogP contribution in [0, 0.1) is 11.8 Å². The Bertz CT molecular complexity index is 352. The van der Waals surface area contributed by atoms with Crippen LogP contribution in [-0.4, -0.2) is 31.6 Å². The van der Waals surface area contributed by atoms with Crippen molar-refractivity contribution >= 4 is 15.9 Å². The Balaban J connectivity index is 2.39. The minimum atomic E-state index is 0.595. The van der Waals surface area contributed by atoms with E-state index in [0.717, 1.165) is 30.5 Å². The van der Waals surface area contributed by atoms with Gasteiger partial charge in [-0.25, -0.2) is 0 Å². The third-order valence-electron chi connectivity index (χ3n) is 3.46. The number of hydrogen-bond acceptors (Lipinski definition) is 2. The summed E-state index contributed by atoms with van der Waals surface area (Å²) in [5.74, 6) is 1.25. The third-order valence-corrected chi connectivity index (χ3v) is 3.96. The highest BCUT2D eigenvalue weighted by Gasteiger charge is 2.13. The monoisotopic (exact) mass is 312 g/mol. The largest absolute Gasteiger partial charge is 0.330 e. The van der Waals surface area contributed by atoms with Crippen LogP contribution in [0.5, 0.6) is 0 Å². The molecule has 0 amide bonds. The lowest BCUT2D eigenvalue weighted by Crippen LogP contribution is -2.34. The van der Waals surface area contributed by atoms with E-state index in [-0.39, 0.29) is 0 Å². The van der Waals surface area contributed by atoms with Crippen LogP contribution in [0.1, 0.15) is 19.4 Å². The van der Waals surface area contributed by atoms with Crippen LogP contribution in [0.4, 0.5) is 0 Å². The lowest BCUT2D eigenvalue weighted by molar-refractivity contribution is 0.242. The molecule has 1 atom stereocenters. The summed E-state index contributed by atoms with van der Waals surface area (Å²) in [7, 11) is 2.18. The molecule has 0 aliphatic heterocycles. The molecule has 1 aromatic rings. The lowest BCUT2D eigenvalue weighted by atomic mass is 9.95. The van der Waals surface area contributed by atoms with Gasteiger partial charge in [-0.3, -0.25) is 0 Å². The van der Waals surface area contributed by atoms with Crippen LogP contribution < -0.4 is 5.73 Å². The molecular formula is C15H25BrN2. The van der Waals surface area contributed by atoms with Crippen molar-refractivity contribution in [2.75, 3.05) is 26.7 Å². The normalized spacial score (nSPS) is 13.3. The van der Waals surface area contributed by atoms with Crippen LogP contribution in [0.2, 0.25) is 0 Å². The molecule has 1 rings (SSSR count). The first-order chi connectivity index (χ1) is 8.52. The lowest BCUT2D eigenvalue weighted by Gasteiger charge is -2.25. The maximum Gasteiger partial charge on any atom is 0.0178 e. The van der Waals surface area contributed by atoms with Gasteiger partial charge in [0, 0.05) is 17.6 Å². The SMILES string of the molecule is CC(C)C(CN)CN(C)CCc1cccc(Br)c1. The summed E-state index contributed by atoms with van der Waals surface area (Å²) in [6, 6.07) is 8.53. The number of rotatable bonds is 7. The van der Waals surface area contributed by atoms with Crippen molar-refractivity contribution in [1.82, 2.24) is 4.90 Å². The van der Waals surface area contributed by atoms with Crippen molar-refractivity contribution in [3.63, 3.8) is 0 Å². The molecule has 0 spiro atoms. The molecule has 0 aliphatic carbocycles. The van der Waals surface area contributed by atoms with E-state index in [9.17, 15) is 0 Å². The van der Waals surface area contributed by atoms with Gasteiger partial charge < -0.3 is 10.6 Å². The number of nitrogens with two attached hydrogens (primary N) is 1. The smallest absolute Gasteiger partial charge is 0.0178 e. The van der Waals surface area contributed by atoms with Crippen molar-refractivity contribution in [3.8, 4) is 0 Å². The zero-order valence-electron chi connectivity index (χ0n) is 11.7. The Morgan fingerprint density at radius 2 is 2.06 bits per heavy atom. The molecule has 0 aliphatic rings. The van der Waals surface area contributed by atoms with Gasteiger partial charge in [-0.15, -0.1) is 0 Å². The van der Waals surface area contributed by atoms with Gasteiger partial charge in [-0.05, 0) is 49.5 Å². The van der Waals surface area contributed by atoms with E-state index in [2.05, 4.69) is 66.0 Å². The van der Waals surface area contributed by atoms with Crippen LogP contribution in [0.3, 0.4) is 0 Å². The maximum absolute atomic E-state index is 5.82. The summed E-state index contributed by atoms with van der Waals surface area (Å²) in [6.07, 6.45) is 1.09. The van der Waals surface area contributed by atoms with Crippen LogP contribution in [0.25, 0.3) is 0 Å². The van der Waals surface area contributed by atoms with Gasteiger partial charge in [0.25, 0.3) is 0 Å². The number of halogens is 1. The van der Waals surface area contributed by atoms with E-state index < -0.39 is 0 Å². The fourth-order valence-corrected chi connectivity index (χ4v) is 2.51. The van der Waals surface area contributed by atoms with E-state index >= 15 is 0 Å². The van der Waals surface area contributed by atoms with Gasteiger partial charge in [-0.1, -0.05) is 41.9 Å². The minimum Gasteiger partial charge on any atom is -0.330 e. The van der Waals surface area contributed by atoms with Gasteiger partial charge in [0.15, 0.2) is 0 Å². The van der Waals surface area contributed by atoms with Gasteiger partial charge in [0.1, 0.15) is 0 Å². The van der Waals surface area contributed by atoms with Crippen molar-refractivity contribution in [3.05, 3.63) is 34.3 Å². The second-order valence-corrected chi connectivity index (χ2v) is 6.30. The van der Waals surface area contributed by atoms with Gasteiger partial charge in [0.2, 0.25) is 0 Å². The number of hydrogen-bond donors (Lipinski definition) is 1. The summed E-state index contributed by atoms with van der Waals surface area (Å²) >= 11 is 3.51. The first-order valence-corrected chi connectivity index (χ1v) is 7.45. The Morgan fingerprint density at radius 3 is 2.61 bits per heavy atom. The highest BCUT2D eigenvalue weighted by Crippen LogP contribution is 2.13. The Morgan fingerprint density at radius 1 is 1.33 bits per heavy atom. The average Bonchev–Trinajstić information content (AvgIpc) is 2.33. The Kier molecular flexibility index (Phi) is 6.90. The predicted octanol–water partition coefficient (Wildman–Crippen LogP) is 3.15. The molecule has 0 aromatic heterocycles. The van der Waals surface area contributed by atoms with Crippen LogP contribution >= 0.6 is 15.9 Å². The van der Waals surface area contributed by atoms with Crippen molar-refractivity contribution in [2.24, 2.45) is 17.6 Å². The molecule has 0 fully saturated rings. The van der Waals surface area contributed by atoms with E-state index in [4.69, 9.17) is 5.73 Å². The molecule has 0 heterocycles. The quantitative estimate of drug-likeness (QED) is 0.838. The predicted molar refractivity (Wildman–Crippen MR) is 82.7 cm³/mol. The fraction of sp³-hybridized carbons (Fsp3) is 0.600. The topological polar surface area (TPSA) is 29.3 Å². The molecule has 1 unspecified atom stereocenters. The van der Waals surface area contributed by atoms with Crippen molar-refractivity contribution in [2.45, 2.75) is 20.3 Å². The van der Waals surface area contributed by atoms with E-state index in [0.29, 0.717) is 11.8 Å². The van der Waals surface area contributed by atoms with E-state index in [1.54, 1.807) is 0 Å². The molecular weight excluding hydrogens is 288 g/mol. The molecule has 0 saturated carbocycles. The average molecular weight is 313 g/mol. The zero-order valence-corrected chi connectivity index (χ0v) is 13.3. The Hall–Kier alpha value is -0.380. The standard InChI is InChI=1S/C15H25BrN2/c1-12(2)14(10-17)11-18(3)8-7-13-5-4-6-15(16)9-13/h4-6,9,12,14H,7-8,10-11,17H2,1-3H3. The molecule has 18 heavy (non-hydrogen) atoms. The Labute approximate surface area is 120 Å². The van der Waals surface area contributed by atoms with E-state index in [1.165, 1.54) is 5.56 Å². The van der Waals surface area contributed by atoms with Gasteiger partial charge >= 0.3 is 0 Å². The molecule has 1 aromatic carbocycles. The summed E-state index contributed by atoms with van der Waals surface area (Å²) in [6.45, 7) is 7.44. The molecule has 2 N–H and O–H groups in total. The van der Waals surface area contributed by atoms with Gasteiger partial charge in [-0.2, -0.15) is 0 Å². The minimum absolute atomic E-state index is 0.595. The molecule has 102 valence electrons. The van der Waals surface area contributed by atoms with Crippen LogP contribution in [0.15, 0.2) is 28.7 Å². The first kappa shape index (κ1) is 15.7. The van der Waals surface area contributed by atoms with Crippen LogP contribution in [-0.2, 0) is 6.42 Å². The highest BCUT2D eigenvalue weighted by atomic mass is 79.9. The zero-order chi connectivity index (χ0) is 13.5. The molecule has 0 saturated heterocycles. The number of nitrogens with zero attached hydrogens (tertiary/aromatic N) is 1. The molecule has 3 heteroatoms. The fourth-order valence-electron chi connectivity index (χ4n) is 2.06. The van der Waals surface area contributed by atoms with Crippen molar-refractivity contribution < 1.29 is 0 Å². The summed E-state index contributed by atoms with van der Waals surface area (Å²) in [5, 5.41) is 0. The number of benzene rings is 1. The molecule has 0 bridgehead atoms. The highest BCUT2D eigenvalue weighted by molar-refractivity contribution is 9.10.